The molecule has 0 spiro atoms. The molecule has 3 amide bonds. The minimum absolute atomic E-state index is 0.132. The lowest BCUT2D eigenvalue weighted by molar-refractivity contribution is -0.142. The summed E-state index contributed by atoms with van der Waals surface area (Å²) in [7, 11) is 0. The number of H-pyrrole nitrogens is 1. The Morgan fingerprint density at radius 1 is 0.972 bits per heavy atom. The molecule has 0 bridgehead atoms. The average Bonchev–Trinajstić information content (AvgIpc) is 3.36. The number of aliphatic carboxylic acids is 1. The quantitative estimate of drug-likeness (QED) is 0.154. The molecule has 2 rings (SSSR count). The topological polar surface area (TPSA) is 205 Å². The molecule has 0 unspecified atom stereocenters. The third-order valence-electron chi connectivity index (χ3n) is 5.56. The molecule has 0 saturated carbocycles. The van der Waals surface area contributed by atoms with Crippen molar-refractivity contribution >= 4 is 23.7 Å². The lowest BCUT2D eigenvalue weighted by Gasteiger charge is -2.24. The molecule has 0 aliphatic carbocycles. The van der Waals surface area contributed by atoms with E-state index in [2.05, 4.69) is 25.9 Å². The minimum Gasteiger partial charge on any atom is -0.480 e. The standard InChI is InChI=1S/C24H35N7O5/c1-15(29-22(33)18(26)12-17-13-27-14-28-17)21(32)31-20(11-16-7-3-2-4-8-16)23(34)30-19(24(35)36)9-5-6-10-25/h2-4,7-8,13-15,18-20H,5-6,9-12,25-26H2,1H3,(H,27,28)(H,29,33)(H,30,34)(H,31,32)(H,35,36)/t15-,18-,19-,20-/m0/s1. The Morgan fingerprint density at radius 3 is 2.28 bits per heavy atom. The van der Waals surface area contributed by atoms with Crippen molar-refractivity contribution in [3.63, 3.8) is 0 Å². The molecule has 1 aromatic heterocycles. The van der Waals surface area contributed by atoms with E-state index in [4.69, 9.17) is 11.5 Å². The zero-order valence-corrected chi connectivity index (χ0v) is 20.3. The summed E-state index contributed by atoms with van der Waals surface area (Å²) in [5.74, 6) is -2.95. The highest BCUT2D eigenvalue weighted by atomic mass is 16.4. The molecule has 0 aliphatic heterocycles. The molecule has 4 atom stereocenters. The first-order valence-corrected chi connectivity index (χ1v) is 11.8. The van der Waals surface area contributed by atoms with Crippen LogP contribution in [-0.2, 0) is 32.0 Å². The lowest BCUT2D eigenvalue weighted by atomic mass is 10.0. The van der Waals surface area contributed by atoms with E-state index in [-0.39, 0.29) is 19.3 Å². The Labute approximate surface area is 209 Å². The maximum Gasteiger partial charge on any atom is 0.326 e. The summed E-state index contributed by atoms with van der Waals surface area (Å²) in [6, 6.07) is 4.92. The van der Waals surface area contributed by atoms with Gasteiger partial charge in [0, 0.05) is 24.7 Å². The smallest absolute Gasteiger partial charge is 0.326 e. The fourth-order valence-corrected chi connectivity index (χ4v) is 3.49. The van der Waals surface area contributed by atoms with E-state index in [0.29, 0.717) is 25.1 Å². The Balaban J connectivity index is 2.04. The number of amides is 3. The molecular weight excluding hydrogens is 466 g/mol. The number of hydrogen-bond acceptors (Lipinski definition) is 7. The fourth-order valence-electron chi connectivity index (χ4n) is 3.49. The number of carboxylic acids is 1. The van der Waals surface area contributed by atoms with Gasteiger partial charge in [-0.05, 0) is 38.3 Å². The molecule has 0 radical (unpaired) electrons. The fraction of sp³-hybridized carbons (Fsp3) is 0.458. The van der Waals surface area contributed by atoms with Crippen LogP contribution in [0.1, 0.15) is 37.4 Å². The van der Waals surface area contributed by atoms with Crippen molar-refractivity contribution in [2.24, 2.45) is 11.5 Å². The predicted octanol–water partition coefficient (Wildman–Crippen LogP) is -0.790. The molecule has 12 nitrogen and oxygen atoms in total. The van der Waals surface area contributed by atoms with Crippen LogP contribution in [0.25, 0.3) is 0 Å². The molecule has 0 fully saturated rings. The minimum atomic E-state index is -1.17. The van der Waals surface area contributed by atoms with Gasteiger partial charge in [-0.15, -0.1) is 0 Å². The van der Waals surface area contributed by atoms with Gasteiger partial charge in [0.2, 0.25) is 17.7 Å². The van der Waals surface area contributed by atoms with Gasteiger partial charge in [0.05, 0.1) is 12.4 Å². The second kappa shape index (κ2) is 14.6. The van der Waals surface area contributed by atoms with Gasteiger partial charge in [0.1, 0.15) is 18.1 Å². The SMILES string of the molecule is C[C@H](NC(=O)[C@@H](N)Cc1cnc[nH]1)C(=O)N[C@@H](Cc1ccccc1)C(=O)N[C@@H](CCCCN)C(=O)O. The van der Waals surface area contributed by atoms with Crippen LogP contribution in [0.4, 0.5) is 0 Å². The highest BCUT2D eigenvalue weighted by molar-refractivity contribution is 5.94. The van der Waals surface area contributed by atoms with Crippen LogP contribution < -0.4 is 27.4 Å². The highest BCUT2D eigenvalue weighted by Crippen LogP contribution is 2.07. The molecule has 0 aliphatic rings. The molecular formula is C24H35N7O5. The van der Waals surface area contributed by atoms with Gasteiger partial charge in [-0.1, -0.05) is 30.3 Å². The van der Waals surface area contributed by atoms with Crippen LogP contribution in [-0.4, -0.2) is 69.5 Å². The molecule has 12 heteroatoms. The first kappa shape index (κ1) is 28.5. The van der Waals surface area contributed by atoms with Crippen molar-refractivity contribution < 1.29 is 24.3 Å². The zero-order valence-electron chi connectivity index (χ0n) is 20.3. The van der Waals surface area contributed by atoms with E-state index in [1.165, 1.54) is 13.3 Å². The van der Waals surface area contributed by atoms with Crippen molar-refractivity contribution in [1.82, 2.24) is 25.9 Å². The maximum absolute atomic E-state index is 13.0. The average molecular weight is 502 g/mol. The number of aromatic amines is 1. The summed E-state index contributed by atoms with van der Waals surface area (Å²) in [6.45, 7) is 1.89. The first-order chi connectivity index (χ1) is 17.2. The highest BCUT2D eigenvalue weighted by Gasteiger charge is 2.29. The number of carbonyl (C=O) groups excluding carboxylic acids is 3. The number of benzene rings is 1. The number of nitrogens with two attached hydrogens (primary N) is 2. The van der Waals surface area contributed by atoms with Crippen molar-refractivity contribution in [3.8, 4) is 0 Å². The Bertz CT molecular complexity index is 984. The number of aromatic nitrogens is 2. The Morgan fingerprint density at radius 2 is 1.67 bits per heavy atom. The number of carboxylic acid groups (broad SMARTS) is 1. The van der Waals surface area contributed by atoms with Crippen LogP contribution in [0.2, 0.25) is 0 Å². The number of rotatable bonds is 15. The van der Waals surface area contributed by atoms with Gasteiger partial charge in [-0.2, -0.15) is 0 Å². The van der Waals surface area contributed by atoms with Crippen molar-refractivity contribution in [3.05, 3.63) is 54.1 Å². The van der Waals surface area contributed by atoms with E-state index in [9.17, 15) is 24.3 Å². The maximum atomic E-state index is 13.0. The summed E-state index contributed by atoms with van der Waals surface area (Å²) in [5, 5.41) is 17.2. The van der Waals surface area contributed by atoms with Gasteiger partial charge in [0.15, 0.2) is 0 Å². The van der Waals surface area contributed by atoms with Crippen LogP contribution in [0.15, 0.2) is 42.9 Å². The number of nitrogens with zero attached hydrogens (tertiary/aromatic N) is 1. The van der Waals surface area contributed by atoms with Crippen LogP contribution >= 0.6 is 0 Å². The third kappa shape index (κ3) is 9.47. The third-order valence-corrected chi connectivity index (χ3v) is 5.56. The lowest BCUT2D eigenvalue weighted by Crippen LogP contribution is -2.57. The van der Waals surface area contributed by atoms with E-state index < -0.39 is 47.9 Å². The number of unbranched alkanes of at least 4 members (excludes halogenated alkanes) is 1. The second-order valence-electron chi connectivity index (χ2n) is 8.55. The molecule has 1 heterocycles. The summed E-state index contributed by atoms with van der Waals surface area (Å²) < 4.78 is 0. The summed E-state index contributed by atoms with van der Waals surface area (Å²) in [6.07, 6.45) is 4.74. The number of hydrogen-bond donors (Lipinski definition) is 7. The van der Waals surface area contributed by atoms with Crippen LogP contribution in [0, 0.1) is 0 Å². The largest absolute Gasteiger partial charge is 0.480 e. The van der Waals surface area contributed by atoms with Gasteiger partial charge in [0.25, 0.3) is 0 Å². The monoisotopic (exact) mass is 501 g/mol. The van der Waals surface area contributed by atoms with Gasteiger partial charge >= 0.3 is 5.97 Å². The second-order valence-corrected chi connectivity index (χ2v) is 8.55. The molecule has 2 aromatic rings. The van der Waals surface area contributed by atoms with E-state index >= 15 is 0 Å². The van der Waals surface area contributed by atoms with E-state index in [1.54, 1.807) is 30.5 Å². The summed E-state index contributed by atoms with van der Waals surface area (Å²) in [4.78, 5) is 56.7. The van der Waals surface area contributed by atoms with Crippen molar-refractivity contribution in [2.75, 3.05) is 6.54 Å². The van der Waals surface area contributed by atoms with Gasteiger partial charge in [-0.3, -0.25) is 14.4 Å². The van der Waals surface area contributed by atoms with Gasteiger partial charge in [-0.25, -0.2) is 9.78 Å². The number of nitrogens with one attached hydrogen (secondary N) is 4. The molecule has 36 heavy (non-hydrogen) atoms. The van der Waals surface area contributed by atoms with Crippen LogP contribution in [0.5, 0.6) is 0 Å². The van der Waals surface area contributed by atoms with Crippen molar-refractivity contribution in [1.29, 1.82) is 0 Å². The van der Waals surface area contributed by atoms with E-state index in [1.807, 2.05) is 6.07 Å². The van der Waals surface area contributed by atoms with E-state index in [0.717, 1.165) is 5.56 Å². The molecule has 0 saturated heterocycles. The molecule has 196 valence electrons. The number of imidazole rings is 1. The normalized spacial score (nSPS) is 14.2. The molecule has 9 N–H and O–H groups in total. The van der Waals surface area contributed by atoms with Crippen molar-refractivity contribution in [2.45, 2.75) is 63.2 Å². The first-order valence-electron chi connectivity index (χ1n) is 11.8. The predicted molar refractivity (Wildman–Crippen MR) is 132 cm³/mol. The summed E-state index contributed by atoms with van der Waals surface area (Å²) >= 11 is 0. The Kier molecular flexibility index (Phi) is 11.5. The summed E-state index contributed by atoms with van der Waals surface area (Å²) in [5.41, 5.74) is 12.8. The molecule has 1 aromatic carbocycles. The Hall–Kier alpha value is -3.77. The zero-order chi connectivity index (χ0) is 26.5. The van der Waals surface area contributed by atoms with Gasteiger partial charge < -0.3 is 37.5 Å². The van der Waals surface area contributed by atoms with Crippen LogP contribution in [0.3, 0.4) is 0 Å². The number of carbonyl (C=O) groups is 4.